The highest BCUT2D eigenvalue weighted by Crippen LogP contribution is 2.13. The number of likely N-dealkylation sites (tertiary alicyclic amines) is 1. The second-order valence-corrected chi connectivity index (χ2v) is 2.83. The third-order valence-electron chi connectivity index (χ3n) is 2.01. The minimum Gasteiger partial charge on any atom is -0.453 e. The minimum atomic E-state index is -0.555. The molecule has 0 saturated carbocycles. The van der Waals surface area contributed by atoms with Gasteiger partial charge >= 0.3 is 6.09 Å². The van der Waals surface area contributed by atoms with Crippen molar-refractivity contribution in [3.63, 3.8) is 0 Å². The van der Waals surface area contributed by atoms with Gasteiger partial charge in [0.25, 0.3) is 0 Å². The number of ether oxygens (including phenoxy) is 1. The van der Waals surface area contributed by atoms with Crippen molar-refractivity contribution in [3.05, 3.63) is 0 Å². The van der Waals surface area contributed by atoms with E-state index in [1.54, 1.807) is 0 Å². The summed E-state index contributed by atoms with van der Waals surface area (Å²) in [6.07, 6.45) is -0.102. The van der Waals surface area contributed by atoms with Crippen LogP contribution in [0.4, 0.5) is 4.79 Å². The normalized spacial score (nSPS) is 22.3. The van der Waals surface area contributed by atoms with Crippen molar-refractivity contribution in [1.29, 1.82) is 5.26 Å². The van der Waals surface area contributed by atoms with Gasteiger partial charge in [-0.1, -0.05) is 0 Å². The maximum Gasteiger partial charge on any atom is 0.409 e. The lowest BCUT2D eigenvalue weighted by Crippen LogP contribution is -2.43. The van der Waals surface area contributed by atoms with E-state index in [4.69, 9.17) is 5.26 Å². The van der Waals surface area contributed by atoms with E-state index in [1.807, 2.05) is 6.07 Å². The molecule has 1 amide bonds. The van der Waals surface area contributed by atoms with Gasteiger partial charge in [0.15, 0.2) is 5.78 Å². The van der Waals surface area contributed by atoms with Crippen LogP contribution in [0.1, 0.15) is 6.42 Å². The number of Topliss-reactive ketones (excluding diaryl/α,β-unsaturated/α-hetero) is 1. The zero-order valence-electron chi connectivity index (χ0n) is 7.32. The summed E-state index contributed by atoms with van der Waals surface area (Å²) in [5, 5.41) is 8.54. The van der Waals surface area contributed by atoms with Gasteiger partial charge in [0.2, 0.25) is 0 Å². The van der Waals surface area contributed by atoms with Crippen LogP contribution in [0.25, 0.3) is 0 Å². The van der Waals surface area contributed by atoms with Gasteiger partial charge in [0.05, 0.1) is 19.7 Å². The molecule has 5 heteroatoms. The first kappa shape index (κ1) is 9.52. The van der Waals surface area contributed by atoms with Gasteiger partial charge in [-0.3, -0.25) is 4.79 Å². The molecule has 0 spiro atoms. The van der Waals surface area contributed by atoms with Crippen LogP contribution in [0.5, 0.6) is 0 Å². The molecule has 1 fully saturated rings. The molecule has 0 radical (unpaired) electrons. The molecule has 1 aliphatic heterocycles. The van der Waals surface area contributed by atoms with Crippen LogP contribution in [-0.2, 0) is 9.53 Å². The predicted octanol–water partition coefficient (Wildman–Crippen LogP) is 0.167. The highest BCUT2D eigenvalue weighted by Gasteiger charge is 2.29. The summed E-state index contributed by atoms with van der Waals surface area (Å²) in [7, 11) is 1.27. The molecule has 1 rings (SSSR count). The molecule has 0 aliphatic carbocycles. The van der Waals surface area contributed by atoms with Crippen LogP contribution in [0, 0.1) is 17.2 Å². The molecule has 1 atom stereocenters. The quantitative estimate of drug-likeness (QED) is 0.535. The van der Waals surface area contributed by atoms with Crippen LogP contribution in [-0.4, -0.2) is 37.0 Å². The number of amides is 1. The number of hydrogen-bond donors (Lipinski definition) is 0. The standard InChI is InChI=1S/C8H10N2O3/c1-13-8(12)10-3-2-6(4-9)7(11)5-10/h6H,2-3,5H2,1H3. The van der Waals surface area contributed by atoms with Crippen molar-refractivity contribution < 1.29 is 14.3 Å². The number of carbonyl (C=O) groups excluding carboxylic acids is 2. The molecular weight excluding hydrogens is 172 g/mol. The van der Waals surface area contributed by atoms with E-state index in [2.05, 4.69) is 4.74 Å². The van der Waals surface area contributed by atoms with Crippen LogP contribution >= 0.6 is 0 Å². The molecule has 70 valence electrons. The first-order chi connectivity index (χ1) is 6.19. The average molecular weight is 182 g/mol. The first-order valence-electron chi connectivity index (χ1n) is 3.94. The van der Waals surface area contributed by atoms with Crippen LogP contribution in [0.2, 0.25) is 0 Å². The van der Waals surface area contributed by atoms with E-state index in [0.717, 1.165) is 0 Å². The van der Waals surface area contributed by atoms with Gasteiger partial charge in [-0.2, -0.15) is 5.26 Å². The summed E-state index contributed by atoms with van der Waals surface area (Å²) in [5.74, 6) is -0.764. The fourth-order valence-corrected chi connectivity index (χ4v) is 1.24. The molecule has 1 aliphatic rings. The number of ketones is 1. The Morgan fingerprint density at radius 3 is 2.92 bits per heavy atom. The minimum absolute atomic E-state index is 0.00903. The Labute approximate surface area is 75.9 Å². The number of carbonyl (C=O) groups is 2. The lowest BCUT2D eigenvalue weighted by atomic mass is 9.97. The number of rotatable bonds is 0. The Morgan fingerprint density at radius 2 is 2.46 bits per heavy atom. The smallest absolute Gasteiger partial charge is 0.409 e. The Balaban J connectivity index is 2.56. The van der Waals surface area contributed by atoms with Gasteiger partial charge in [-0.25, -0.2) is 4.79 Å². The summed E-state index contributed by atoms with van der Waals surface area (Å²) >= 11 is 0. The fraction of sp³-hybridized carbons (Fsp3) is 0.625. The molecule has 0 bridgehead atoms. The Kier molecular flexibility index (Phi) is 2.85. The molecule has 1 heterocycles. The molecule has 0 N–H and O–H groups in total. The van der Waals surface area contributed by atoms with Crippen molar-refractivity contribution in [2.75, 3.05) is 20.2 Å². The lowest BCUT2D eigenvalue weighted by molar-refractivity contribution is -0.124. The van der Waals surface area contributed by atoms with Crippen molar-refractivity contribution in [3.8, 4) is 6.07 Å². The molecular formula is C8H10N2O3. The second-order valence-electron chi connectivity index (χ2n) is 2.83. The summed E-state index contributed by atoms with van der Waals surface area (Å²) < 4.78 is 4.46. The number of methoxy groups -OCH3 is 1. The summed E-state index contributed by atoms with van der Waals surface area (Å²) in [6.45, 7) is 0.404. The van der Waals surface area contributed by atoms with Crippen molar-refractivity contribution >= 4 is 11.9 Å². The van der Waals surface area contributed by atoms with Gasteiger partial charge in [-0.15, -0.1) is 0 Å². The van der Waals surface area contributed by atoms with Crippen molar-refractivity contribution in [2.45, 2.75) is 6.42 Å². The molecule has 13 heavy (non-hydrogen) atoms. The number of nitriles is 1. The van der Waals surface area contributed by atoms with Gasteiger partial charge in [0, 0.05) is 6.54 Å². The van der Waals surface area contributed by atoms with Crippen LogP contribution in [0.15, 0.2) is 0 Å². The third-order valence-corrected chi connectivity index (χ3v) is 2.01. The molecule has 1 unspecified atom stereocenters. The average Bonchev–Trinajstić information content (AvgIpc) is 2.16. The SMILES string of the molecule is COC(=O)N1CCC(C#N)C(=O)C1. The van der Waals surface area contributed by atoms with E-state index in [-0.39, 0.29) is 12.3 Å². The summed E-state index contributed by atoms with van der Waals surface area (Å²) in [6, 6.07) is 1.90. The van der Waals surface area contributed by atoms with Gasteiger partial charge in [-0.05, 0) is 6.42 Å². The van der Waals surface area contributed by atoms with Gasteiger partial charge in [0.1, 0.15) is 5.92 Å². The maximum absolute atomic E-state index is 11.2. The molecule has 5 nitrogen and oxygen atoms in total. The first-order valence-corrected chi connectivity index (χ1v) is 3.94. The van der Waals surface area contributed by atoms with E-state index in [9.17, 15) is 9.59 Å². The molecule has 0 aromatic heterocycles. The maximum atomic E-state index is 11.2. The number of piperidine rings is 1. The van der Waals surface area contributed by atoms with E-state index >= 15 is 0 Å². The highest BCUT2D eigenvalue weighted by atomic mass is 16.5. The van der Waals surface area contributed by atoms with E-state index in [0.29, 0.717) is 13.0 Å². The fourth-order valence-electron chi connectivity index (χ4n) is 1.24. The zero-order valence-corrected chi connectivity index (χ0v) is 7.32. The summed E-state index contributed by atoms with van der Waals surface area (Å²) in [4.78, 5) is 23.5. The second kappa shape index (κ2) is 3.90. The Bertz CT molecular complexity index is 269. The molecule has 0 aromatic carbocycles. The van der Waals surface area contributed by atoms with E-state index in [1.165, 1.54) is 12.0 Å². The highest BCUT2D eigenvalue weighted by molar-refractivity contribution is 5.88. The largest absolute Gasteiger partial charge is 0.453 e. The van der Waals surface area contributed by atoms with Crippen LogP contribution in [0.3, 0.4) is 0 Å². The number of hydrogen-bond acceptors (Lipinski definition) is 4. The molecule has 1 saturated heterocycles. The third kappa shape index (κ3) is 1.96. The number of nitrogens with zero attached hydrogens (tertiary/aromatic N) is 2. The predicted molar refractivity (Wildman–Crippen MR) is 42.7 cm³/mol. The van der Waals surface area contributed by atoms with E-state index < -0.39 is 12.0 Å². The zero-order chi connectivity index (χ0) is 9.84. The van der Waals surface area contributed by atoms with Gasteiger partial charge < -0.3 is 9.64 Å². The molecule has 0 aromatic rings. The van der Waals surface area contributed by atoms with Crippen molar-refractivity contribution in [1.82, 2.24) is 4.90 Å². The Hall–Kier alpha value is -1.57. The topological polar surface area (TPSA) is 70.4 Å². The summed E-state index contributed by atoms with van der Waals surface area (Å²) in [5.41, 5.74) is 0. The Morgan fingerprint density at radius 1 is 1.77 bits per heavy atom. The lowest BCUT2D eigenvalue weighted by Gasteiger charge is -2.26. The van der Waals surface area contributed by atoms with Crippen LogP contribution < -0.4 is 0 Å². The van der Waals surface area contributed by atoms with Crippen molar-refractivity contribution in [2.24, 2.45) is 5.92 Å². The monoisotopic (exact) mass is 182 g/mol.